The molecule has 2 saturated heterocycles. The van der Waals surface area contributed by atoms with E-state index < -0.39 is 0 Å². The molecule has 2 aromatic rings. The van der Waals surface area contributed by atoms with Crippen LogP contribution >= 0.6 is 0 Å². The lowest BCUT2D eigenvalue weighted by atomic mass is 10.1. The van der Waals surface area contributed by atoms with Gasteiger partial charge in [0.25, 0.3) is 5.91 Å². The standard InChI is InChI=1S/C20H24N4O3/c1-26-16-4-2-14(3-5-16)24-18-7-11-27-13-17(18)19(21-24)20(25)23-10-9-22-8-6-15(23)12-22/h2-5,15H,6-13H2,1H3. The van der Waals surface area contributed by atoms with Crippen molar-refractivity contribution >= 4 is 5.91 Å². The first-order valence-corrected chi connectivity index (χ1v) is 9.61. The highest BCUT2D eigenvalue weighted by molar-refractivity contribution is 5.94. The molecule has 4 heterocycles. The highest BCUT2D eigenvalue weighted by atomic mass is 16.5. The molecule has 7 heteroatoms. The van der Waals surface area contributed by atoms with Gasteiger partial charge in [0.15, 0.2) is 5.69 Å². The average Bonchev–Trinajstić information content (AvgIpc) is 3.29. The Kier molecular flexibility index (Phi) is 4.13. The maximum absolute atomic E-state index is 13.4. The van der Waals surface area contributed by atoms with Gasteiger partial charge >= 0.3 is 0 Å². The van der Waals surface area contributed by atoms with Gasteiger partial charge in [0.1, 0.15) is 5.75 Å². The van der Waals surface area contributed by atoms with E-state index in [4.69, 9.17) is 14.6 Å². The van der Waals surface area contributed by atoms with Gasteiger partial charge in [-0.25, -0.2) is 4.68 Å². The Morgan fingerprint density at radius 2 is 2.07 bits per heavy atom. The minimum Gasteiger partial charge on any atom is -0.497 e. The van der Waals surface area contributed by atoms with Gasteiger partial charge in [0.05, 0.1) is 31.7 Å². The molecule has 27 heavy (non-hydrogen) atoms. The molecule has 2 atom stereocenters. The van der Waals surface area contributed by atoms with E-state index in [1.165, 1.54) is 0 Å². The molecule has 0 saturated carbocycles. The van der Waals surface area contributed by atoms with Gasteiger partial charge in [-0.3, -0.25) is 9.69 Å². The number of amides is 1. The van der Waals surface area contributed by atoms with Gasteiger partial charge in [-0.05, 0) is 30.7 Å². The van der Waals surface area contributed by atoms with Crippen molar-refractivity contribution in [2.24, 2.45) is 0 Å². The zero-order valence-electron chi connectivity index (χ0n) is 15.6. The van der Waals surface area contributed by atoms with Gasteiger partial charge < -0.3 is 14.4 Å². The Bertz CT molecular complexity index is 861. The maximum Gasteiger partial charge on any atom is 0.275 e. The summed E-state index contributed by atoms with van der Waals surface area (Å²) >= 11 is 0. The highest BCUT2D eigenvalue weighted by Gasteiger charge is 2.38. The number of ether oxygens (including phenoxy) is 2. The fourth-order valence-electron chi connectivity index (χ4n) is 4.45. The molecule has 0 radical (unpaired) electrons. The summed E-state index contributed by atoms with van der Waals surface area (Å²) in [6.45, 7) is 4.94. The molecule has 2 fully saturated rings. The molecule has 3 aliphatic rings. The number of piperazine rings is 1. The van der Waals surface area contributed by atoms with E-state index in [0.29, 0.717) is 24.9 Å². The Hall–Kier alpha value is -2.38. The van der Waals surface area contributed by atoms with Crippen LogP contribution in [0.2, 0.25) is 0 Å². The number of hydrogen-bond acceptors (Lipinski definition) is 5. The van der Waals surface area contributed by atoms with Crippen molar-refractivity contribution in [2.45, 2.75) is 25.5 Å². The second-order valence-corrected chi connectivity index (χ2v) is 7.43. The van der Waals surface area contributed by atoms with Gasteiger partial charge in [-0.15, -0.1) is 0 Å². The van der Waals surface area contributed by atoms with Gasteiger partial charge in [-0.1, -0.05) is 0 Å². The monoisotopic (exact) mass is 368 g/mol. The minimum atomic E-state index is 0.0514. The van der Waals surface area contributed by atoms with Crippen molar-refractivity contribution in [3.63, 3.8) is 0 Å². The molecule has 5 rings (SSSR count). The summed E-state index contributed by atoms with van der Waals surface area (Å²) in [6.07, 6.45) is 1.82. The van der Waals surface area contributed by atoms with E-state index in [0.717, 1.165) is 61.7 Å². The van der Waals surface area contributed by atoms with Gasteiger partial charge in [-0.2, -0.15) is 5.10 Å². The quantitative estimate of drug-likeness (QED) is 0.821. The number of methoxy groups -OCH3 is 1. The zero-order chi connectivity index (χ0) is 18.4. The Labute approximate surface area is 158 Å². The lowest BCUT2D eigenvalue weighted by Crippen LogP contribution is -2.49. The van der Waals surface area contributed by atoms with E-state index in [9.17, 15) is 4.79 Å². The van der Waals surface area contributed by atoms with Crippen LogP contribution in [0.15, 0.2) is 24.3 Å². The highest BCUT2D eigenvalue weighted by Crippen LogP contribution is 2.28. The third-order valence-corrected chi connectivity index (χ3v) is 5.95. The first-order valence-electron chi connectivity index (χ1n) is 9.61. The van der Waals surface area contributed by atoms with Crippen LogP contribution in [0, 0.1) is 0 Å². The second kappa shape index (κ2) is 6.65. The summed E-state index contributed by atoms with van der Waals surface area (Å²) in [7, 11) is 1.65. The predicted octanol–water partition coefficient (Wildman–Crippen LogP) is 1.48. The summed E-state index contributed by atoms with van der Waals surface area (Å²) in [4.78, 5) is 17.8. The van der Waals surface area contributed by atoms with Gasteiger partial charge in [0, 0.05) is 44.2 Å². The summed E-state index contributed by atoms with van der Waals surface area (Å²) in [5, 5.41) is 4.77. The van der Waals surface area contributed by atoms with Crippen molar-refractivity contribution in [2.75, 3.05) is 39.9 Å². The minimum absolute atomic E-state index is 0.0514. The van der Waals surface area contributed by atoms with Crippen LogP contribution in [0.5, 0.6) is 5.75 Å². The summed E-state index contributed by atoms with van der Waals surface area (Å²) in [5.74, 6) is 0.856. The lowest BCUT2D eigenvalue weighted by Gasteiger charge is -2.34. The maximum atomic E-state index is 13.4. The van der Waals surface area contributed by atoms with Crippen molar-refractivity contribution in [1.29, 1.82) is 0 Å². The largest absolute Gasteiger partial charge is 0.497 e. The van der Waals surface area contributed by atoms with Crippen LogP contribution in [-0.2, 0) is 17.8 Å². The molecule has 1 aromatic heterocycles. The van der Waals surface area contributed by atoms with Crippen LogP contribution in [0.3, 0.4) is 0 Å². The first-order chi connectivity index (χ1) is 13.2. The number of rotatable bonds is 3. The molecule has 1 aromatic carbocycles. The molecule has 0 N–H and O–H groups in total. The molecule has 2 bridgehead atoms. The topological polar surface area (TPSA) is 59.8 Å². The lowest BCUT2D eigenvalue weighted by molar-refractivity contribution is 0.0593. The van der Waals surface area contributed by atoms with Crippen LogP contribution in [-0.4, -0.2) is 71.4 Å². The number of benzene rings is 1. The third-order valence-electron chi connectivity index (χ3n) is 5.95. The fraction of sp³-hybridized carbons (Fsp3) is 0.500. The molecule has 7 nitrogen and oxygen atoms in total. The molecule has 142 valence electrons. The Morgan fingerprint density at radius 3 is 2.89 bits per heavy atom. The molecule has 0 aliphatic carbocycles. The van der Waals surface area contributed by atoms with Crippen LogP contribution in [0.4, 0.5) is 0 Å². The summed E-state index contributed by atoms with van der Waals surface area (Å²) in [5.41, 5.74) is 3.53. The smallest absolute Gasteiger partial charge is 0.275 e. The number of carbonyl (C=O) groups is 1. The normalized spacial score (nSPS) is 24.0. The molecule has 2 unspecified atom stereocenters. The van der Waals surface area contributed by atoms with Crippen molar-refractivity contribution in [1.82, 2.24) is 19.6 Å². The van der Waals surface area contributed by atoms with E-state index in [-0.39, 0.29) is 5.91 Å². The van der Waals surface area contributed by atoms with E-state index in [2.05, 4.69) is 4.90 Å². The SMILES string of the molecule is COc1ccc(-n2nc(C(=O)N3CCN4CCC3C4)c3c2CCOC3)cc1. The summed E-state index contributed by atoms with van der Waals surface area (Å²) in [6, 6.07) is 8.11. The number of aromatic nitrogens is 2. The molecule has 1 amide bonds. The van der Waals surface area contributed by atoms with Crippen LogP contribution < -0.4 is 4.74 Å². The molecular weight excluding hydrogens is 344 g/mol. The molecule has 0 spiro atoms. The van der Waals surface area contributed by atoms with Crippen molar-refractivity contribution in [3.05, 3.63) is 41.2 Å². The Balaban J connectivity index is 1.52. The first kappa shape index (κ1) is 16.8. The average molecular weight is 368 g/mol. The van der Waals surface area contributed by atoms with Crippen molar-refractivity contribution < 1.29 is 14.3 Å². The van der Waals surface area contributed by atoms with E-state index >= 15 is 0 Å². The van der Waals surface area contributed by atoms with Gasteiger partial charge in [0.2, 0.25) is 0 Å². The molecular formula is C20H24N4O3. The molecule has 3 aliphatic heterocycles. The predicted molar refractivity (Wildman–Crippen MR) is 99.4 cm³/mol. The number of nitrogens with zero attached hydrogens (tertiary/aromatic N) is 4. The van der Waals surface area contributed by atoms with Crippen molar-refractivity contribution in [3.8, 4) is 11.4 Å². The van der Waals surface area contributed by atoms with Crippen LogP contribution in [0.1, 0.15) is 28.2 Å². The Morgan fingerprint density at radius 1 is 1.22 bits per heavy atom. The second-order valence-electron chi connectivity index (χ2n) is 7.43. The van der Waals surface area contributed by atoms with E-state index in [1.807, 2.05) is 33.8 Å². The third kappa shape index (κ3) is 2.82. The number of hydrogen-bond donors (Lipinski definition) is 0. The summed E-state index contributed by atoms with van der Waals surface area (Å²) < 4.78 is 12.8. The fourth-order valence-corrected chi connectivity index (χ4v) is 4.45. The zero-order valence-corrected chi connectivity index (χ0v) is 15.6. The van der Waals surface area contributed by atoms with E-state index in [1.54, 1.807) is 7.11 Å². The number of fused-ring (bicyclic) bond motifs is 3. The van der Waals surface area contributed by atoms with Crippen LogP contribution in [0.25, 0.3) is 5.69 Å². The number of carbonyl (C=O) groups excluding carboxylic acids is 1.